The third-order valence-electron chi connectivity index (χ3n) is 3.62. The van der Waals surface area contributed by atoms with Gasteiger partial charge in [0.15, 0.2) is 22.3 Å². The summed E-state index contributed by atoms with van der Waals surface area (Å²) < 4.78 is 19.0. The summed E-state index contributed by atoms with van der Waals surface area (Å²) in [7, 11) is 4.74. The fraction of sp³-hybridized carbons (Fsp3) is 0.267. The number of ether oxygens (including phenoxy) is 3. The molecular weight excluding hydrogens is 461 g/mol. The molecule has 0 aliphatic rings. The minimum atomic E-state index is 0.0961. The largest absolute Gasteiger partial charge is 0.493 e. The van der Waals surface area contributed by atoms with Crippen LogP contribution in [0, 0.1) is 3.57 Å². The van der Waals surface area contributed by atoms with Crippen LogP contribution >= 0.6 is 34.2 Å². The number of anilines is 1. The van der Waals surface area contributed by atoms with Gasteiger partial charge in [-0.3, -0.25) is 0 Å². The zero-order chi connectivity index (χ0) is 18.1. The number of hydrogen-bond acceptors (Lipinski definition) is 7. The topological polar surface area (TPSA) is 97.3 Å². The Balaban J connectivity index is 2.12. The van der Waals surface area contributed by atoms with Gasteiger partial charge in [0.25, 0.3) is 0 Å². The van der Waals surface area contributed by atoms with Gasteiger partial charge in [0.05, 0.1) is 37.8 Å². The lowest BCUT2D eigenvalue weighted by molar-refractivity contribution is 0.322. The van der Waals surface area contributed by atoms with Crippen molar-refractivity contribution >= 4 is 51.3 Å². The van der Waals surface area contributed by atoms with Crippen LogP contribution in [0.5, 0.6) is 17.2 Å². The van der Waals surface area contributed by atoms with Crippen molar-refractivity contribution in [3.8, 4) is 17.2 Å². The number of hydrogen-bond donors (Lipinski definition) is 1. The summed E-state index contributed by atoms with van der Waals surface area (Å²) in [6.07, 6.45) is 1.64. The molecule has 0 radical (unpaired) electrons. The summed E-state index contributed by atoms with van der Waals surface area (Å²) in [6.45, 7) is 0.471. The summed E-state index contributed by atoms with van der Waals surface area (Å²) in [5.74, 6) is 1.82. The molecule has 0 atom stereocenters. The molecule has 10 heteroatoms. The average Bonchev–Trinajstić information content (AvgIpc) is 2.99. The van der Waals surface area contributed by atoms with E-state index in [1.807, 2.05) is 10.6 Å². The smallest absolute Gasteiger partial charge is 0.223 e. The number of aromatic nitrogens is 4. The van der Waals surface area contributed by atoms with E-state index < -0.39 is 0 Å². The van der Waals surface area contributed by atoms with Gasteiger partial charge in [-0.25, -0.2) is 4.98 Å². The van der Waals surface area contributed by atoms with Crippen molar-refractivity contribution in [1.29, 1.82) is 0 Å². The molecule has 2 heterocycles. The number of nitrogens with zero attached hydrogens (tertiary/aromatic N) is 4. The second-order valence-corrected chi connectivity index (χ2v) is 6.47. The molecule has 0 unspecified atom stereocenters. The van der Waals surface area contributed by atoms with Crippen LogP contribution in [0.1, 0.15) is 5.56 Å². The molecule has 0 aliphatic heterocycles. The first-order valence-corrected chi connectivity index (χ1v) is 8.57. The summed E-state index contributed by atoms with van der Waals surface area (Å²) >= 11 is 8.29. The fourth-order valence-corrected chi connectivity index (χ4v) is 3.52. The second-order valence-electron chi connectivity index (χ2n) is 5.04. The molecule has 25 heavy (non-hydrogen) atoms. The Kier molecular flexibility index (Phi) is 5.04. The van der Waals surface area contributed by atoms with Gasteiger partial charge in [-0.05, 0) is 34.2 Å². The molecule has 0 aliphatic carbocycles. The normalized spacial score (nSPS) is 10.9. The summed E-state index contributed by atoms with van der Waals surface area (Å²) in [5, 5.41) is 0.223. The Morgan fingerprint density at radius 3 is 2.52 bits per heavy atom. The van der Waals surface area contributed by atoms with Crippen LogP contribution in [0.2, 0.25) is 5.15 Å². The lowest BCUT2D eigenvalue weighted by Crippen LogP contribution is -2.06. The van der Waals surface area contributed by atoms with Crippen LogP contribution in [-0.2, 0) is 6.54 Å². The van der Waals surface area contributed by atoms with Gasteiger partial charge in [-0.2, -0.15) is 9.97 Å². The van der Waals surface area contributed by atoms with Crippen LogP contribution in [0.3, 0.4) is 0 Å². The number of benzene rings is 1. The zero-order valence-corrected chi connectivity index (χ0v) is 16.6. The van der Waals surface area contributed by atoms with Crippen molar-refractivity contribution in [1.82, 2.24) is 19.5 Å². The van der Waals surface area contributed by atoms with E-state index in [1.54, 1.807) is 27.7 Å². The van der Waals surface area contributed by atoms with Gasteiger partial charge < -0.3 is 24.5 Å². The van der Waals surface area contributed by atoms with E-state index >= 15 is 0 Å². The first kappa shape index (κ1) is 17.8. The van der Waals surface area contributed by atoms with Gasteiger partial charge in [-0.15, -0.1) is 0 Å². The number of halogens is 2. The number of fused-ring (bicyclic) bond motifs is 1. The first-order valence-electron chi connectivity index (χ1n) is 7.11. The molecule has 3 aromatic rings. The molecule has 2 N–H and O–H groups in total. The van der Waals surface area contributed by atoms with Crippen LogP contribution in [0.4, 0.5) is 5.95 Å². The first-order chi connectivity index (χ1) is 12.0. The molecule has 0 fully saturated rings. The number of nitrogens with two attached hydrogens (primary N) is 1. The van der Waals surface area contributed by atoms with Gasteiger partial charge >= 0.3 is 0 Å². The molecule has 0 amide bonds. The highest BCUT2D eigenvalue weighted by Crippen LogP contribution is 2.42. The van der Waals surface area contributed by atoms with Crippen LogP contribution in [0.25, 0.3) is 11.2 Å². The fourth-order valence-electron chi connectivity index (χ4n) is 2.51. The quantitative estimate of drug-likeness (QED) is 0.448. The number of methoxy groups -OCH3 is 3. The van der Waals surface area contributed by atoms with E-state index in [9.17, 15) is 0 Å². The average molecular weight is 476 g/mol. The lowest BCUT2D eigenvalue weighted by atomic mass is 10.1. The van der Waals surface area contributed by atoms with Crippen molar-refractivity contribution in [3.63, 3.8) is 0 Å². The van der Waals surface area contributed by atoms with Crippen LogP contribution in [-0.4, -0.2) is 40.8 Å². The van der Waals surface area contributed by atoms with Crippen LogP contribution < -0.4 is 19.9 Å². The summed E-state index contributed by atoms with van der Waals surface area (Å²) in [5.41, 5.74) is 7.70. The van der Waals surface area contributed by atoms with E-state index in [0.29, 0.717) is 35.0 Å². The number of nitrogen functional groups attached to an aromatic ring is 1. The monoisotopic (exact) mass is 475 g/mol. The molecule has 8 nitrogen and oxygen atoms in total. The minimum absolute atomic E-state index is 0.0961. The lowest BCUT2D eigenvalue weighted by Gasteiger charge is -2.17. The van der Waals surface area contributed by atoms with Crippen LogP contribution in [0.15, 0.2) is 12.4 Å². The highest BCUT2D eigenvalue weighted by atomic mass is 127. The zero-order valence-electron chi connectivity index (χ0n) is 13.7. The molecule has 3 rings (SSSR count). The molecule has 0 saturated heterocycles. The second kappa shape index (κ2) is 7.08. The Bertz CT molecular complexity index is 947. The van der Waals surface area contributed by atoms with Gasteiger partial charge in [-0.1, -0.05) is 11.6 Å². The summed E-state index contributed by atoms with van der Waals surface area (Å²) in [6, 6.07) is 1.89. The Morgan fingerprint density at radius 2 is 1.88 bits per heavy atom. The van der Waals surface area contributed by atoms with E-state index in [1.165, 1.54) is 0 Å². The molecule has 0 saturated carbocycles. The predicted molar refractivity (Wildman–Crippen MR) is 103 cm³/mol. The van der Waals surface area contributed by atoms with Gasteiger partial charge in [0.1, 0.15) is 5.52 Å². The molecular formula is C15H15ClIN5O3. The molecule has 1 aromatic carbocycles. The maximum absolute atomic E-state index is 6.08. The highest BCUT2D eigenvalue weighted by molar-refractivity contribution is 14.1. The van der Waals surface area contributed by atoms with Crippen molar-refractivity contribution in [2.24, 2.45) is 0 Å². The highest BCUT2D eigenvalue weighted by Gasteiger charge is 2.20. The van der Waals surface area contributed by atoms with E-state index in [4.69, 9.17) is 31.5 Å². The predicted octanol–water partition coefficient (Wildman–Crippen LogP) is 2.74. The van der Waals surface area contributed by atoms with Crippen molar-refractivity contribution < 1.29 is 14.2 Å². The maximum atomic E-state index is 6.08. The summed E-state index contributed by atoms with van der Waals surface area (Å²) in [4.78, 5) is 12.4. The number of rotatable bonds is 5. The Morgan fingerprint density at radius 1 is 1.16 bits per heavy atom. The third kappa shape index (κ3) is 3.13. The number of imidazole rings is 1. The maximum Gasteiger partial charge on any atom is 0.223 e. The Labute approximate surface area is 162 Å². The van der Waals surface area contributed by atoms with E-state index in [-0.39, 0.29) is 11.1 Å². The Hall–Kier alpha value is -2.01. The minimum Gasteiger partial charge on any atom is -0.493 e. The van der Waals surface area contributed by atoms with Crippen molar-refractivity contribution in [2.45, 2.75) is 6.54 Å². The van der Waals surface area contributed by atoms with E-state index in [0.717, 1.165) is 9.13 Å². The molecule has 0 spiro atoms. The van der Waals surface area contributed by atoms with Gasteiger partial charge in [0.2, 0.25) is 11.7 Å². The standard InChI is InChI=1S/C15H15ClIN5O3/c1-23-8-4-7(9(17)12(25-3)11(8)24-2)5-22-6-19-10-13(16)20-15(18)21-14(10)22/h4,6H,5H2,1-3H3,(H2,18,20,21). The molecule has 2 aromatic heterocycles. The SMILES string of the molecule is COc1cc(Cn2cnc3c(Cl)nc(N)nc32)c(I)c(OC)c1OC. The van der Waals surface area contributed by atoms with Crippen molar-refractivity contribution in [2.75, 3.05) is 27.1 Å². The van der Waals surface area contributed by atoms with Gasteiger partial charge in [0, 0.05) is 0 Å². The third-order valence-corrected chi connectivity index (χ3v) is 5.07. The molecule has 0 bridgehead atoms. The molecule has 132 valence electrons. The van der Waals surface area contributed by atoms with E-state index in [2.05, 4.69) is 37.5 Å². The van der Waals surface area contributed by atoms with Crippen molar-refractivity contribution in [3.05, 3.63) is 26.7 Å².